The molecule has 5 rings (SSSR count). The fourth-order valence-electron chi connectivity index (χ4n) is 6.82. The Balaban J connectivity index is 1.74. The first-order valence-corrected chi connectivity index (χ1v) is 10.6. The minimum atomic E-state index is -1.00. The third kappa shape index (κ3) is 1.83. The first kappa shape index (κ1) is 18.7. The number of phenols is 1. The van der Waals surface area contributed by atoms with Gasteiger partial charge in [0.25, 0.3) is 0 Å². The number of fused-ring (bicyclic) bond motifs is 1. The zero-order chi connectivity index (χ0) is 20.3. The van der Waals surface area contributed by atoms with E-state index in [-0.39, 0.29) is 17.3 Å². The van der Waals surface area contributed by atoms with Gasteiger partial charge in [0.2, 0.25) is 0 Å². The van der Waals surface area contributed by atoms with Gasteiger partial charge in [-0.3, -0.25) is 0 Å². The summed E-state index contributed by atoms with van der Waals surface area (Å²) >= 11 is 0. The number of phenolic OH excluding ortho intramolecular Hbond substituents is 1. The van der Waals surface area contributed by atoms with Gasteiger partial charge in [-0.1, -0.05) is 39.0 Å². The summed E-state index contributed by atoms with van der Waals surface area (Å²) < 4.78 is 13.7. The van der Waals surface area contributed by atoms with Crippen molar-refractivity contribution in [2.75, 3.05) is 0 Å². The molecule has 152 valence electrons. The number of ether oxygens (including phenoxy) is 2. The molecule has 0 unspecified atom stereocenters. The maximum absolute atomic E-state index is 11.4. The van der Waals surface area contributed by atoms with E-state index in [1.807, 2.05) is 13.0 Å². The topological polar surface area (TPSA) is 58.9 Å². The molecule has 2 bridgehead atoms. The molecule has 2 heterocycles. The molecule has 1 aromatic carbocycles. The Morgan fingerprint density at radius 2 is 1.79 bits per heavy atom. The minimum absolute atomic E-state index is 0.0183. The first-order valence-electron chi connectivity index (χ1n) is 10.6. The van der Waals surface area contributed by atoms with Crippen LogP contribution in [0.15, 0.2) is 18.2 Å². The van der Waals surface area contributed by atoms with Crippen LogP contribution in [0.1, 0.15) is 64.2 Å². The number of aliphatic hydroxyl groups is 1. The predicted octanol–water partition coefficient (Wildman–Crippen LogP) is 4.51. The molecule has 1 aromatic rings. The molecule has 3 fully saturated rings. The molecule has 0 aromatic heterocycles. The van der Waals surface area contributed by atoms with Crippen LogP contribution >= 0.6 is 0 Å². The number of hydrogen-bond donors (Lipinski definition) is 2. The van der Waals surface area contributed by atoms with Gasteiger partial charge < -0.3 is 19.7 Å². The highest BCUT2D eigenvalue weighted by Crippen LogP contribution is 2.71. The molecule has 28 heavy (non-hydrogen) atoms. The van der Waals surface area contributed by atoms with Crippen molar-refractivity contribution in [3.05, 3.63) is 34.9 Å². The average Bonchev–Trinajstić information content (AvgIpc) is 2.96. The van der Waals surface area contributed by atoms with Gasteiger partial charge in [-0.2, -0.15) is 0 Å². The van der Waals surface area contributed by atoms with E-state index in [1.165, 1.54) is 0 Å². The first-order chi connectivity index (χ1) is 13.0. The molecule has 1 saturated carbocycles. The van der Waals surface area contributed by atoms with Crippen LogP contribution in [-0.4, -0.2) is 27.7 Å². The molecular formula is C24H32O4. The van der Waals surface area contributed by atoms with Crippen molar-refractivity contribution in [1.82, 2.24) is 0 Å². The van der Waals surface area contributed by atoms with Crippen LogP contribution in [-0.2, 0) is 15.1 Å². The van der Waals surface area contributed by atoms with Crippen molar-refractivity contribution in [3.8, 4) is 5.75 Å². The van der Waals surface area contributed by atoms with Gasteiger partial charge in [0.05, 0.1) is 5.60 Å². The van der Waals surface area contributed by atoms with Crippen molar-refractivity contribution in [2.24, 2.45) is 23.2 Å². The summed E-state index contributed by atoms with van der Waals surface area (Å²) in [6.07, 6.45) is 5.71. The van der Waals surface area contributed by atoms with Crippen LogP contribution in [0.25, 0.3) is 6.08 Å². The van der Waals surface area contributed by atoms with Crippen LogP contribution in [0.5, 0.6) is 5.75 Å². The zero-order valence-corrected chi connectivity index (χ0v) is 17.7. The maximum atomic E-state index is 11.4. The second kappa shape index (κ2) is 5.21. The highest BCUT2D eigenvalue weighted by atomic mass is 16.7. The Morgan fingerprint density at radius 3 is 2.43 bits per heavy atom. The molecule has 2 N–H and O–H groups in total. The summed E-state index contributed by atoms with van der Waals surface area (Å²) in [6.45, 7) is 12.6. The van der Waals surface area contributed by atoms with Gasteiger partial charge in [0, 0.05) is 17.3 Å². The van der Waals surface area contributed by atoms with E-state index in [2.05, 4.69) is 46.8 Å². The molecule has 2 aliphatic carbocycles. The summed E-state index contributed by atoms with van der Waals surface area (Å²) in [7, 11) is 0. The molecule has 2 saturated heterocycles. The summed E-state index contributed by atoms with van der Waals surface area (Å²) in [6, 6.07) is 3.80. The van der Waals surface area contributed by atoms with Crippen molar-refractivity contribution >= 4 is 6.08 Å². The molecule has 4 nitrogen and oxygen atoms in total. The Morgan fingerprint density at radius 1 is 1.07 bits per heavy atom. The summed E-state index contributed by atoms with van der Waals surface area (Å²) in [5, 5.41) is 21.6. The van der Waals surface area contributed by atoms with Gasteiger partial charge in [-0.15, -0.1) is 0 Å². The Hall–Kier alpha value is -1.36. The van der Waals surface area contributed by atoms with E-state index >= 15 is 0 Å². The fourth-order valence-corrected chi connectivity index (χ4v) is 6.82. The van der Waals surface area contributed by atoms with Gasteiger partial charge in [-0.25, -0.2) is 0 Å². The molecule has 0 amide bonds. The van der Waals surface area contributed by atoms with Crippen LogP contribution in [0.3, 0.4) is 0 Å². The average molecular weight is 385 g/mol. The monoisotopic (exact) mass is 384 g/mol. The van der Waals surface area contributed by atoms with Gasteiger partial charge in [0.1, 0.15) is 17.5 Å². The molecule has 0 radical (unpaired) electrons. The molecule has 4 aliphatic rings. The molecule has 2 aliphatic heterocycles. The van der Waals surface area contributed by atoms with E-state index in [9.17, 15) is 10.2 Å². The predicted molar refractivity (Wildman–Crippen MR) is 108 cm³/mol. The van der Waals surface area contributed by atoms with E-state index < -0.39 is 23.1 Å². The van der Waals surface area contributed by atoms with Crippen LogP contribution in [0.2, 0.25) is 0 Å². The van der Waals surface area contributed by atoms with E-state index in [1.54, 1.807) is 6.07 Å². The number of aromatic hydroxyl groups is 1. The third-order valence-corrected chi connectivity index (χ3v) is 8.94. The SMILES string of the molecule is Cc1c(O)ccc2c1C=C[C@]1(C)[C@H]3CC[C@@]21O[C@@]1(OC(C)(C)[C@@H](C)[C@H]1O)[C@H]3C. The Kier molecular flexibility index (Phi) is 3.47. The number of hydrogen-bond acceptors (Lipinski definition) is 4. The lowest BCUT2D eigenvalue weighted by Gasteiger charge is -2.59. The Labute approximate surface area is 167 Å². The molecule has 4 heteroatoms. The minimum Gasteiger partial charge on any atom is -0.508 e. The summed E-state index contributed by atoms with van der Waals surface area (Å²) in [5.41, 5.74) is 1.89. The number of benzene rings is 1. The molecule has 7 atom stereocenters. The second-order valence-corrected chi connectivity index (χ2v) is 10.3. The van der Waals surface area contributed by atoms with Gasteiger partial charge in [-0.05, 0) is 62.3 Å². The van der Waals surface area contributed by atoms with Crippen molar-refractivity contribution in [1.29, 1.82) is 0 Å². The van der Waals surface area contributed by atoms with Crippen LogP contribution < -0.4 is 0 Å². The number of aliphatic hydroxyl groups excluding tert-OH is 1. The van der Waals surface area contributed by atoms with Gasteiger partial charge >= 0.3 is 0 Å². The fraction of sp³-hybridized carbons (Fsp3) is 0.667. The normalized spacial score (nSPS) is 48.0. The standard InChI is InChI=1S/C24H32O4/c1-13-16-9-11-22(6)17-10-12-23(22,18(16)7-8-19(13)25)28-24(14(17)2)20(26)15(3)21(4,5)27-24/h7-9,11,14-15,17,20,25-26H,10,12H2,1-6H3/t14-,15-,17-,20+,22+,23+,24-/m0/s1. The van der Waals surface area contributed by atoms with Crippen LogP contribution in [0, 0.1) is 30.1 Å². The smallest absolute Gasteiger partial charge is 0.199 e. The van der Waals surface area contributed by atoms with Crippen LogP contribution in [0.4, 0.5) is 0 Å². The lowest BCUT2D eigenvalue weighted by atomic mass is 9.57. The number of rotatable bonds is 0. The maximum Gasteiger partial charge on any atom is 0.199 e. The molecular weight excluding hydrogens is 352 g/mol. The van der Waals surface area contributed by atoms with Crippen molar-refractivity contribution < 1.29 is 19.7 Å². The van der Waals surface area contributed by atoms with E-state index in [0.717, 1.165) is 29.5 Å². The highest BCUT2D eigenvalue weighted by Gasteiger charge is 2.74. The van der Waals surface area contributed by atoms with Crippen molar-refractivity contribution in [3.63, 3.8) is 0 Å². The summed E-state index contributed by atoms with van der Waals surface area (Å²) in [4.78, 5) is 0. The van der Waals surface area contributed by atoms with E-state index in [0.29, 0.717) is 11.7 Å². The van der Waals surface area contributed by atoms with Gasteiger partial charge in [0.15, 0.2) is 5.79 Å². The quantitative estimate of drug-likeness (QED) is 0.691. The van der Waals surface area contributed by atoms with E-state index in [4.69, 9.17) is 9.47 Å². The lowest BCUT2D eigenvalue weighted by Crippen LogP contribution is -2.64. The summed E-state index contributed by atoms with van der Waals surface area (Å²) in [5.74, 6) is -0.274. The largest absolute Gasteiger partial charge is 0.508 e. The zero-order valence-electron chi connectivity index (χ0n) is 17.7. The second-order valence-electron chi connectivity index (χ2n) is 10.3. The van der Waals surface area contributed by atoms with Crippen molar-refractivity contribution in [2.45, 2.75) is 77.5 Å². The highest BCUT2D eigenvalue weighted by molar-refractivity contribution is 5.67. The molecule has 1 spiro atoms. The lowest BCUT2D eigenvalue weighted by molar-refractivity contribution is -0.382. The third-order valence-electron chi connectivity index (χ3n) is 8.94. The Bertz CT molecular complexity index is 889.